The van der Waals surface area contributed by atoms with E-state index in [1.54, 1.807) is 0 Å². The summed E-state index contributed by atoms with van der Waals surface area (Å²) in [6.45, 7) is 0.826. The third-order valence-corrected chi connectivity index (χ3v) is 2.64. The molecule has 12 heavy (non-hydrogen) atoms. The Morgan fingerprint density at radius 2 is 1.58 bits per heavy atom. The molecular weight excluding hydrogens is 150 g/mol. The summed E-state index contributed by atoms with van der Waals surface area (Å²) < 4.78 is 0. The van der Waals surface area contributed by atoms with Crippen molar-refractivity contribution in [2.75, 3.05) is 20.6 Å². The average molecular weight is 171 g/mol. The number of nitrogens with zero attached hydrogens (tertiary/aromatic N) is 1. The smallest absolute Gasteiger partial charge is 0.0773 e. The van der Waals surface area contributed by atoms with E-state index in [9.17, 15) is 5.11 Å². The van der Waals surface area contributed by atoms with E-state index in [2.05, 4.69) is 4.90 Å². The van der Waals surface area contributed by atoms with Crippen molar-refractivity contribution in [2.24, 2.45) is 0 Å². The van der Waals surface area contributed by atoms with Crippen LogP contribution >= 0.6 is 0 Å². The molecule has 1 N–H and O–H groups in total. The fraction of sp³-hybridized carbons (Fsp3) is 1.00. The van der Waals surface area contributed by atoms with Gasteiger partial charge in [0, 0.05) is 6.54 Å². The Labute approximate surface area is 75.6 Å². The van der Waals surface area contributed by atoms with Crippen molar-refractivity contribution < 1.29 is 5.11 Å². The number of rotatable bonds is 2. The minimum atomic E-state index is -0.389. The zero-order chi connectivity index (χ0) is 9.03. The van der Waals surface area contributed by atoms with Gasteiger partial charge in [-0.25, -0.2) is 0 Å². The molecule has 0 heterocycles. The number of hydrogen-bond donors (Lipinski definition) is 1. The summed E-state index contributed by atoms with van der Waals surface area (Å²) in [5, 5.41) is 10.2. The topological polar surface area (TPSA) is 23.5 Å². The van der Waals surface area contributed by atoms with Gasteiger partial charge in [-0.05, 0) is 26.9 Å². The van der Waals surface area contributed by atoms with Gasteiger partial charge in [-0.1, -0.05) is 25.7 Å². The molecule has 1 aliphatic rings. The Morgan fingerprint density at radius 1 is 1.08 bits per heavy atom. The molecule has 1 aliphatic carbocycles. The molecule has 2 nitrogen and oxygen atoms in total. The highest BCUT2D eigenvalue weighted by Crippen LogP contribution is 2.27. The van der Waals surface area contributed by atoms with Gasteiger partial charge in [-0.2, -0.15) is 0 Å². The quantitative estimate of drug-likeness (QED) is 0.638. The molecule has 0 spiro atoms. The van der Waals surface area contributed by atoms with Crippen LogP contribution in [0.2, 0.25) is 0 Å². The summed E-state index contributed by atoms with van der Waals surface area (Å²) in [6.07, 6.45) is 6.98. The van der Waals surface area contributed by atoms with Gasteiger partial charge in [0.25, 0.3) is 0 Å². The molecule has 1 rings (SSSR count). The van der Waals surface area contributed by atoms with Crippen molar-refractivity contribution in [1.29, 1.82) is 0 Å². The van der Waals surface area contributed by atoms with Gasteiger partial charge in [0.2, 0.25) is 0 Å². The molecule has 0 radical (unpaired) electrons. The predicted octanol–water partition coefficient (Wildman–Crippen LogP) is 1.63. The molecule has 0 aromatic heterocycles. The second-order valence-corrected chi connectivity index (χ2v) is 4.38. The first-order chi connectivity index (χ1) is 5.62. The van der Waals surface area contributed by atoms with Crippen molar-refractivity contribution in [3.8, 4) is 0 Å². The van der Waals surface area contributed by atoms with E-state index in [0.29, 0.717) is 0 Å². The molecule has 72 valence electrons. The van der Waals surface area contributed by atoms with E-state index in [-0.39, 0.29) is 5.60 Å². The zero-order valence-corrected chi connectivity index (χ0v) is 8.34. The normalized spacial score (nSPS) is 24.0. The second-order valence-electron chi connectivity index (χ2n) is 4.38. The number of aliphatic hydroxyl groups is 1. The molecule has 2 heteroatoms. The van der Waals surface area contributed by atoms with Gasteiger partial charge >= 0.3 is 0 Å². The molecule has 1 fully saturated rings. The van der Waals surface area contributed by atoms with Crippen LogP contribution in [0, 0.1) is 0 Å². The summed E-state index contributed by atoms with van der Waals surface area (Å²) in [7, 11) is 4.06. The van der Waals surface area contributed by atoms with Crippen LogP contribution in [0.1, 0.15) is 38.5 Å². The molecule has 1 saturated carbocycles. The highest BCUT2D eigenvalue weighted by atomic mass is 16.3. The summed E-state index contributed by atoms with van der Waals surface area (Å²) in [4.78, 5) is 2.09. The fourth-order valence-corrected chi connectivity index (χ4v) is 2.13. The highest BCUT2D eigenvalue weighted by molar-refractivity contribution is 4.82. The van der Waals surface area contributed by atoms with Crippen LogP contribution in [0.4, 0.5) is 0 Å². The fourth-order valence-electron chi connectivity index (χ4n) is 2.13. The lowest BCUT2D eigenvalue weighted by Gasteiger charge is -2.29. The molecule has 0 aromatic carbocycles. The van der Waals surface area contributed by atoms with Crippen LogP contribution in [0.3, 0.4) is 0 Å². The SMILES string of the molecule is CN(C)CC1(O)CCCCCC1. The molecule has 0 bridgehead atoms. The first kappa shape index (κ1) is 10.0. The Bertz CT molecular complexity index is 126. The van der Waals surface area contributed by atoms with E-state index in [1.807, 2.05) is 14.1 Å². The van der Waals surface area contributed by atoms with E-state index in [0.717, 1.165) is 19.4 Å². The summed E-state index contributed by atoms with van der Waals surface area (Å²) in [5.41, 5.74) is -0.389. The minimum absolute atomic E-state index is 0.389. The molecule has 0 aliphatic heterocycles. The second kappa shape index (κ2) is 4.24. The molecule has 0 aromatic rings. The monoisotopic (exact) mass is 171 g/mol. The number of hydrogen-bond acceptors (Lipinski definition) is 2. The summed E-state index contributed by atoms with van der Waals surface area (Å²) in [6, 6.07) is 0. The largest absolute Gasteiger partial charge is 0.389 e. The van der Waals surface area contributed by atoms with Crippen molar-refractivity contribution in [1.82, 2.24) is 4.90 Å². The van der Waals surface area contributed by atoms with Crippen LogP contribution in [-0.2, 0) is 0 Å². The van der Waals surface area contributed by atoms with Gasteiger partial charge in [0.15, 0.2) is 0 Å². The maximum absolute atomic E-state index is 10.2. The Balaban J connectivity index is 2.42. The van der Waals surface area contributed by atoms with Crippen LogP contribution < -0.4 is 0 Å². The van der Waals surface area contributed by atoms with Crippen molar-refractivity contribution in [2.45, 2.75) is 44.1 Å². The van der Waals surface area contributed by atoms with E-state index < -0.39 is 0 Å². The van der Waals surface area contributed by atoms with E-state index in [1.165, 1.54) is 25.7 Å². The Kier molecular flexibility index (Phi) is 3.53. The lowest BCUT2D eigenvalue weighted by Crippen LogP contribution is -2.39. The highest BCUT2D eigenvalue weighted by Gasteiger charge is 2.28. The van der Waals surface area contributed by atoms with Gasteiger partial charge in [0.1, 0.15) is 0 Å². The zero-order valence-electron chi connectivity index (χ0n) is 8.34. The third kappa shape index (κ3) is 3.11. The minimum Gasteiger partial charge on any atom is -0.389 e. The van der Waals surface area contributed by atoms with Crippen LogP contribution in [0.25, 0.3) is 0 Å². The van der Waals surface area contributed by atoms with Crippen molar-refractivity contribution >= 4 is 0 Å². The summed E-state index contributed by atoms with van der Waals surface area (Å²) in [5.74, 6) is 0. The van der Waals surface area contributed by atoms with E-state index >= 15 is 0 Å². The first-order valence-electron chi connectivity index (χ1n) is 4.99. The standard InChI is InChI=1S/C10H21NO/c1-11(2)9-10(12)7-5-3-4-6-8-10/h12H,3-9H2,1-2H3. The molecule has 0 atom stereocenters. The van der Waals surface area contributed by atoms with Gasteiger partial charge < -0.3 is 10.0 Å². The van der Waals surface area contributed by atoms with Gasteiger partial charge in [-0.15, -0.1) is 0 Å². The van der Waals surface area contributed by atoms with Crippen molar-refractivity contribution in [3.05, 3.63) is 0 Å². The van der Waals surface area contributed by atoms with E-state index in [4.69, 9.17) is 0 Å². The predicted molar refractivity (Wildman–Crippen MR) is 51.2 cm³/mol. The Morgan fingerprint density at radius 3 is 2.00 bits per heavy atom. The molecular formula is C10H21NO. The maximum Gasteiger partial charge on any atom is 0.0773 e. The average Bonchev–Trinajstić information content (AvgIpc) is 2.12. The van der Waals surface area contributed by atoms with Gasteiger partial charge in [0.05, 0.1) is 5.60 Å². The van der Waals surface area contributed by atoms with Crippen LogP contribution in [-0.4, -0.2) is 36.2 Å². The third-order valence-electron chi connectivity index (χ3n) is 2.64. The van der Waals surface area contributed by atoms with Crippen molar-refractivity contribution in [3.63, 3.8) is 0 Å². The summed E-state index contributed by atoms with van der Waals surface area (Å²) >= 11 is 0. The van der Waals surface area contributed by atoms with Crippen LogP contribution in [0.5, 0.6) is 0 Å². The first-order valence-corrected chi connectivity index (χ1v) is 4.99. The Hall–Kier alpha value is -0.0800. The lowest BCUT2D eigenvalue weighted by atomic mass is 9.94. The molecule has 0 saturated heterocycles. The molecule has 0 unspecified atom stereocenters. The number of likely N-dealkylation sites (N-methyl/N-ethyl adjacent to an activating group) is 1. The lowest BCUT2D eigenvalue weighted by molar-refractivity contribution is 0.00218. The maximum atomic E-state index is 10.2. The molecule has 0 amide bonds. The van der Waals surface area contributed by atoms with Crippen LogP contribution in [0.15, 0.2) is 0 Å². The van der Waals surface area contributed by atoms with Gasteiger partial charge in [-0.3, -0.25) is 0 Å².